The Morgan fingerprint density at radius 1 is 1.72 bits per heavy atom. The number of nitrogens with one attached hydrogen (secondary N) is 1. The minimum atomic E-state index is 0.284. The second kappa shape index (κ2) is 6.80. The highest BCUT2D eigenvalue weighted by molar-refractivity contribution is 7.99. The van der Waals surface area contributed by atoms with Gasteiger partial charge in [-0.05, 0) is 30.9 Å². The van der Waals surface area contributed by atoms with Crippen molar-refractivity contribution >= 4 is 23.4 Å². The summed E-state index contributed by atoms with van der Waals surface area (Å²) in [5.74, 6) is 3.07. The third kappa shape index (κ3) is 3.02. The van der Waals surface area contributed by atoms with Gasteiger partial charge in [0, 0.05) is 7.11 Å². The van der Waals surface area contributed by atoms with E-state index in [0.29, 0.717) is 12.5 Å². The fourth-order valence-electron chi connectivity index (χ4n) is 2.45. The number of hydrogen-bond donors (Lipinski definition) is 1. The lowest BCUT2D eigenvalue weighted by molar-refractivity contribution is 0.181. The zero-order chi connectivity index (χ0) is 13.0. The van der Waals surface area contributed by atoms with Gasteiger partial charge < -0.3 is 10.1 Å². The summed E-state index contributed by atoms with van der Waals surface area (Å²) in [6, 6.07) is 0.284. The van der Waals surface area contributed by atoms with Gasteiger partial charge in [-0.3, -0.25) is 4.68 Å². The minimum Gasteiger partial charge on any atom is -0.383 e. The fourth-order valence-corrected chi connectivity index (χ4v) is 4.01. The summed E-state index contributed by atoms with van der Waals surface area (Å²) in [6.45, 7) is 1.40. The maximum absolute atomic E-state index is 6.30. The summed E-state index contributed by atoms with van der Waals surface area (Å²) in [5, 5.41) is 8.51. The van der Waals surface area contributed by atoms with E-state index >= 15 is 0 Å². The Bertz CT molecular complexity index is 379. The first kappa shape index (κ1) is 14.2. The van der Waals surface area contributed by atoms with Crippen LogP contribution in [0.25, 0.3) is 0 Å². The summed E-state index contributed by atoms with van der Waals surface area (Å²) >= 11 is 8.32. The zero-order valence-electron chi connectivity index (χ0n) is 10.9. The minimum absolute atomic E-state index is 0.284. The number of methoxy groups -OCH3 is 1. The monoisotopic (exact) mass is 289 g/mol. The van der Waals surface area contributed by atoms with Gasteiger partial charge in [-0.1, -0.05) is 11.6 Å². The molecule has 2 heterocycles. The molecule has 102 valence electrons. The number of thioether (sulfide) groups is 1. The zero-order valence-corrected chi connectivity index (χ0v) is 12.4. The molecule has 0 amide bonds. The maximum atomic E-state index is 6.30. The van der Waals surface area contributed by atoms with Crippen molar-refractivity contribution in [3.63, 3.8) is 0 Å². The standard InChI is InChI=1S/C12H20ClN3OS/c1-14-11(9-3-6-18-8-9)12-10(13)7-15-16(12)4-5-17-2/h7,9,11,14H,3-6,8H2,1-2H3. The molecule has 0 spiro atoms. The van der Waals surface area contributed by atoms with Crippen LogP contribution in [0.5, 0.6) is 0 Å². The van der Waals surface area contributed by atoms with Gasteiger partial charge in [0.05, 0.1) is 36.1 Å². The molecule has 1 N–H and O–H groups in total. The van der Waals surface area contributed by atoms with Crippen molar-refractivity contribution in [2.75, 3.05) is 32.3 Å². The summed E-state index contributed by atoms with van der Waals surface area (Å²) in [6.07, 6.45) is 2.97. The fraction of sp³-hybridized carbons (Fsp3) is 0.750. The van der Waals surface area contributed by atoms with Gasteiger partial charge >= 0.3 is 0 Å². The lowest BCUT2D eigenvalue weighted by atomic mass is 9.96. The molecule has 1 aromatic rings. The number of aromatic nitrogens is 2. The van der Waals surface area contributed by atoms with Crippen molar-refractivity contribution in [2.24, 2.45) is 5.92 Å². The van der Waals surface area contributed by atoms with Gasteiger partial charge in [0.15, 0.2) is 0 Å². The molecule has 6 heteroatoms. The molecular formula is C12H20ClN3OS. The van der Waals surface area contributed by atoms with Gasteiger partial charge in [-0.15, -0.1) is 0 Å². The third-order valence-corrected chi connectivity index (χ3v) is 4.86. The van der Waals surface area contributed by atoms with Crippen LogP contribution in [-0.4, -0.2) is 42.1 Å². The summed E-state index contributed by atoms with van der Waals surface area (Å²) < 4.78 is 7.09. The van der Waals surface area contributed by atoms with Gasteiger partial charge in [0.25, 0.3) is 0 Å². The summed E-state index contributed by atoms with van der Waals surface area (Å²) in [4.78, 5) is 0. The quantitative estimate of drug-likeness (QED) is 0.871. The Morgan fingerprint density at radius 3 is 3.17 bits per heavy atom. The lowest BCUT2D eigenvalue weighted by Crippen LogP contribution is -2.28. The third-order valence-electron chi connectivity index (χ3n) is 3.38. The SMILES string of the molecule is CNC(c1c(Cl)cnn1CCOC)C1CCSC1. The first-order valence-corrected chi connectivity index (χ1v) is 7.76. The molecule has 2 unspecified atom stereocenters. The van der Waals surface area contributed by atoms with Crippen LogP contribution in [0.1, 0.15) is 18.2 Å². The number of ether oxygens (including phenoxy) is 1. The van der Waals surface area contributed by atoms with E-state index in [4.69, 9.17) is 16.3 Å². The van der Waals surface area contributed by atoms with Crippen LogP contribution in [0.3, 0.4) is 0 Å². The Kier molecular flexibility index (Phi) is 5.36. The number of nitrogens with zero attached hydrogens (tertiary/aromatic N) is 2. The van der Waals surface area contributed by atoms with Gasteiger partial charge in [-0.25, -0.2) is 0 Å². The summed E-state index contributed by atoms with van der Waals surface area (Å²) in [7, 11) is 3.70. The average molecular weight is 290 g/mol. The summed E-state index contributed by atoms with van der Waals surface area (Å²) in [5.41, 5.74) is 1.10. The molecule has 0 aliphatic carbocycles. The normalized spacial score (nSPS) is 21.4. The Morgan fingerprint density at radius 2 is 2.56 bits per heavy atom. The molecule has 2 rings (SSSR count). The lowest BCUT2D eigenvalue weighted by Gasteiger charge is -2.24. The Labute approximate surface area is 117 Å². The highest BCUT2D eigenvalue weighted by Crippen LogP contribution is 2.36. The van der Waals surface area contributed by atoms with Crippen molar-refractivity contribution in [3.05, 3.63) is 16.9 Å². The van der Waals surface area contributed by atoms with Gasteiger partial charge in [0.2, 0.25) is 0 Å². The van der Waals surface area contributed by atoms with Crippen molar-refractivity contribution in [2.45, 2.75) is 19.0 Å². The van der Waals surface area contributed by atoms with E-state index in [0.717, 1.165) is 17.3 Å². The van der Waals surface area contributed by atoms with Crippen LogP contribution in [0.4, 0.5) is 0 Å². The number of halogens is 1. The predicted molar refractivity (Wildman–Crippen MR) is 76.3 cm³/mol. The molecule has 1 fully saturated rings. The second-order valence-electron chi connectivity index (χ2n) is 4.48. The van der Waals surface area contributed by atoms with Crippen molar-refractivity contribution in [1.29, 1.82) is 0 Å². The molecule has 0 saturated carbocycles. The molecule has 2 atom stereocenters. The van der Waals surface area contributed by atoms with Crippen molar-refractivity contribution in [3.8, 4) is 0 Å². The van der Waals surface area contributed by atoms with Crippen LogP contribution in [-0.2, 0) is 11.3 Å². The molecule has 18 heavy (non-hydrogen) atoms. The molecule has 4 nitrogen and oxygen atoms in total. The Balaban J connectivity index is 2.20. The molecule has 0 radical (unpaired) electrons. The van der Waals surface area contributed by atoms with E-state index in [1.165, 1.54) is 17.9 Å². The molecule has 0 aromatic carbocycles. The molecule has 1 aromatic heterocycles. The smallest absolute Gasteiger partial charge is 0.0834 e. The van der Waals surface area contributed by atoms with Crippen LogP contribution < -0.4 is 5.32 Å². The second-order valence-corrected chi connectivity index (χ2v) is 6.04. The molecule has 1 aliphatic rings. The largest absolute Gasteiger partial charge is 0.383 e. The van der Waals surface area contributed by atoms with Crippen molar-refractivity contribution < 1.29 is 4.74 Å². The van der Waals surface area contributed by atoms with Gasteiger partial charge in [0.1, 0.15) is 0 Å². The molecule has 0 bridgehead atoms. The first-order valence-electron chi connectivity index (χ1n) is 6.23. The van der Waals surface area contributed by atoms with E-state index in [1.54, 1.807) is 13.3 Å². The highest BCUT2D eigenvalue weighted by Gasteiger charge is 2.29. The number of rotatable bonds is 6. The van der Waals surface area contributed by atoms with Crippen LogP contribution in [0.15, 0.2) is 6.20 Å². The van der Waals surface area contributed by atoms with E-state index in [2.05, 4.69) is 10.4 Å². The van der Waals surface area contributed by atoms with E-state index in [-0.39, 0.29) is 6.04 Å². The van der Waals surface area contributed by atoms with Crippen LogP contribution >= 0.6 is 23.4 Å². The highest BCUT2D eigenvalue weighted by atomic mass is 35.5. The van der Waals surface area contributed by atoms with Crippen LogP contribution in [0, 0.1) is 5.92 Å². The van der Waals surface area contributed by atoms with Gasteiger partial charge in [-0.2, -0.15) is 16.9 Å². The molecule has 1 aliphatic heterocycles. The predicted octanol–water partition coefficient (Wildman–Crippen LogP) is 2.20. The average Bonchev–Trinajstić information content (AvgIpc) is 3.00. The van der Waals surface area contributed by atoms with E-state index in [1.807, 2.05) is 23.5 Å². The van der Waals surface area contributed by atoms with Crippen molar-refractivity contribution in [1.82, 2.24) is 15.1 Å². The topological polar surface area (TPSA) is 39.1 Å². The van der Waals surface area contributed by atoms with E-state index in [9.17, 15) is 0 Å². The number of hydrogen-bond acceptors (Lipinski definition) is 4. The van der Waals surface area contributed by atoms with E-state index < -0.39 is 0 Å². The molecule has 1 saturated heterocycles. The van der Waals surface area contributed by atoms with Crippen LogP contribution in [0.2, 0.25) is 5.02 Å². The maximum Gasteiger partial charge on any atom is 0.0834 e. The molecular weight excluding hydrogens is 270 g/mol. The Hall–Kier alpha value is -0.230. The first-order chi connectivity index (χ1) is 8.77.